The molecular weight excluding hydrogens is 608 g/mol. The van der Waals surface area contributed by atoms with Crippen LogP contribution in [-0.4, -0.2) is 65.3 Å². The van der Waals surface area contributed by atoms with Crippen molar-refractivity contribution in [3.05, 3.63) is 89.2 Å². The van der Waals surface area contributed by atoms with E-state index in [1.165, 1.54) is 38.1 Å². The quantitative estimate of drug-likeness (QED) is 0.325. The standard InChI is InChI=1S/C33H30F4N4O5/c1-32(2)30(43)41(31(44)46-32)19-29(42)40-13-12-27(25(18-40)21-6-4-3-5-7-21)39-17-23-15-22(9-11-28(23)45-33(35,36)37)24-10-8-20(16-38)14-26(24)34/h3-11,14-15,25,27,39H,12-13,17-19H2,1-2H3/t25-,27-/m0/s1. The summed E-state index contributed by atoms with van der Waals surface area (Å²) in [5, 5.41) is 12.4. The summed E-state index contributed by atoms with van der Waals surface area (Å²) in [5.74, 6) is -2.51. The largest absolute Gasteiger partial charge is 0.573 e. The molecule has 0 spiro atoms. The smallest absolute Gasteiger partial charge is 0.433 e. The van der Waals surface area contributed by atoms with Gasteiger partial charge in [0.1, 0.15) is 18.1 Å². The third-order valence-electron chi connectivity index (χ3n) is 8.06. The maximum absolute atomic E-state index is 14.8. The fourth-order valence-electron chi connectivity index (χ4n) is 5.73. The maximum atomic E-state index is 14.8. The Labute approximate surface area is 262 Å². The fraction of sp³-hybridized carbons (Fsp3) is 0.333. The minimum absolute atomic E-state index is 0.0811. The molecule has 0 unspecified atom stereocenters. The van der Waals surface area contributed by atoms with Gasteiger partial charge in [0.15, 0.2) is 5.60 Å². The molecule has 0 aromatic heterocycles. The number of carbonyl (C=O) groups is 3. The van der Waals surface area contributed by atoms with Crippen molar-refractivity contribution in [2.45, 2.75) is 50.7 Å². The Morgan fingerprint density at radius 3 is 2.48 bits per heavy atom. The lowest BCUT2D eigenvalue weighted by atomic mass is 9.85. The molecule has 3 aromatic rings. The molecule has 0 saturated carbocycles. The van der Waals surface area contributed by atoms with Crippen LogP contribution in [0.3, 0.4) is 0 Å². The zero-order valence-corrected chi connectivity index (χ0v) is 24.9. The van der Waals surface area contributed by atoms with Crippen LogP contribution in [0.5, 0.6) is 5.75 Å². The van der Waals surface area contributed by atoms with Gasteiger partial charge in [-0.1, -0.05) is 42.5 Å². The van der Waals surface area contributed by atoms with Gasteiger partial charge in [0.2, 0.25) is 5.91 Å². The molecule has 5 rings (SSSR count). The number of alkyl halides is 3. The molecule has 0 radical (unpaired) electrons. The molecule has 3 aromatic carbocycles. The monoisotopic (exact) mass is 638 g/mol. The molecule has 0 bridgehead atoms. The summed E-state index contributed by atoms with van der Waals surface area (Å²) in [4.78, 5) is 40.4. The number of hydrogen-bond donors (Lipinski definition) is 1. The Bertz CT molecular complexity index is 1690. The number of likely N-dealkylation sites (tertiary alicyclic amines) is 1. The van der Waals surface area contributed by atoms with Crippen LogP contribution in [0.4, 0.5) is 22.4 Å². The van der Waals surface area contributed by atoms with E-state index in [0.717, 1.165) is 22.6 Å². The summed E-state index contributed by atoms with van der Waals surface area (Å²) in [6.45, 7) is 2.80. The van der Waals surface area contributed by atoms with Crippen LogP contribution in [0.15, 0.2) is 66.7 Å². The summed E-state index contributed by atoms with van der Waals surface area (Å²) >= 11 is 0. The zero-order chi connectivity index (χ0) is 33.2. The molecule has 46 heavy (non-hydrogen) atoms. The van der Waals surface area contributed by atoms with E-state index in [1.54, 1.807) is 4.90 Å². The molecule has 2 atom stereocenters. The van der Waals surface area contributed by atoms with E-state index in [-0.39, 0.29) is 48.3 Å². The average Bonchev–Trinajstić information content (AvgIpc) is 3.21. The van der Waals surface area contributed by atoms with E-state index in [1.807, 2.05) is 36.4 Å². The van der Waals surface area contributed by atoms with Crippen molar-refractivity contribution in [3.63, 3.8) is 0 Å². The predicted octanol–water partition coefficient (Wildman–Crippen LogP) is 5.49. The Morgan fingerprint density at radius 2 is 1.85 bits per heavy atom. The number of halogens is 4. The van der Waals surface area contributed by atoms with Crippen molar-refractivity contribution in [3.8, 4) is 22.9 Å². The van der Waals surface area contributed by atoms with Crippen molar-refractivity contribution in [1.82, 2.24) is 15.1 Å². The SMILES string of the molecule is CC1(C)OC(=O)N(CC(=O)N2CC[C@H](NCc3cc(-c4ccc(C#N)cc4F)ccc3OC(F)(F)F)[C@H](c3ccccc3)C2)C1=O. The van der Waals surface area contributed by atoms with Gasteiger partial charge in [0.25, 0.3) is 5.91 Å². The molecule has 13 heteroatoms. The second-order valence-electron chi connectivity index (χ2n) is 11.6. The number of rotatable bonds is 8. The number of carbonyl (C=O) groups excluding carboxylic acids is 3. The molecule has 2 aliphatic heterocycles. The van der Waals surface area contributed by atoms with Gasteiger partial charge in [-0.25, -0.2) is 14.1 Å². The Hall–Kier alpha value is -4.96. The molecule has 2 aliphatic rings. The Kier molecular flexibility index (Phi) is 9.03. The zero-order valence-electron chi connectivity index (χ0n) is 24.9. The highest BCUT2D eigenvalue weighted by atomic mass is 19.4. The molecular formula is C33H30F4N4O5. The van der Waals surface area contributed by atoms with E-state index in [9.17, 15) is 31.9 Å². The lowest BCUT2D eigenvalue weighted by Gasteiger charge is -2.40. The molecule has 2 saturated heterocycles. The second kappa shape index (κ2) is 12.8. The van der Waals surface area contributed by atoms with Crippen molar-refractivity contribution in [1.29, 1.82) is 5.26 Å². The first-order chi connectivity index (χ1) is 21.8. The number of ether oxygens (including phenoxy) is 2. The first-order valence-electron chi connectivity index (χ1n) is 14.5. The van der Waals surface area contributed by atoms with Crippen LogP contribution in [0, 0.1) is 17.1 Å². The van der Waals surface area contributed by atoms with Crippen molar-refractivity contribution in [2.75, 3.05) is 19.6 Å². The number of nitrogens with one attached hydrogen (secondary N) is 1. The van der Waals surface area contributed by atoms with Gasteiger partial charge in [-0.2, -0.15) is 5.26 Å². The molecule has 3 amide bonds. The highest BCUT2D eigenvalue weighted by Gasteiger charge is 2.48. The number of nitriles is 1. The highest BCUT2D eigenvalue weighted by molar-refractivity contribution is 6.04. The summed E-state index contributed by atoms with van der Waals surface area (Å²) in [6.07, 6.45) is -5.46. The lowest BCUT2D eigenvalue weighted by molar-refractivity contribution is -0.274. The Morgan fingerprint density at radius 1 is 1.11 bits per heavy atom. The van der Waals surface area contributed by atoms with E-state index in [4.69, 9.17) is 10.00 Å². The topological polar surface area (TPSA) is 112 Å². The van der Waals surface area contributed by atoms with Gasteiger partial charge in [-0.05, 0) is 55.7 Å². The van der Waals surface area contributed by atoms with E-state index in [0.29, 0.717) is 12.0 Å². The summed E-state index contributed by atoms with van der Waals surface area (Å²) in [7, 11) is 0. The molecule has 9 nitrogen and oxygen atoms in total. The summed E-state index contributed by atoms with van der Waals surface area (Å²) in [6, 6.07) is 18.5. The molecule has 1 N–H and O–H groups in total. The fourth-order valence-corrected chi connectivity index (χ4v) is 5.73. The third kappa shape index (κ3) is 7.13. The van der Waals surface area contributed by atoms with Crippen LogP contribution in [0.2, 0.25) is 0 Å². The number of amides is 3. The Balaban J connectivity index is 1.37. The number of imide groups is 1. The number of hydrogen-bond acceptors (Lipinski definition) is 7. The normalized spacial score (nSPS) is 19.5. The van der Waals surface area contributed by atoms with Gasteiger partial charge in [-0.3, -0.25) is 9.59 Å². The van der Waals surface area contributed by atoms with Crippen molar-refractivity contribution >= 4 is 17.9 Å². The summed E-state index contributed by atoms with van der Waals surface area (Å²) < 4.78 is 64.1. The summed E-state index contributed by atoms with van der Waals surface area (Å²) in [5.41, 5.74) is 0.141. The number of nitrogens with zero attached hydrogens (tertiary/aromatic N) is 3. The number of benzene rings is 3. The number of piperidine rings is 1. The molecule has 2 heterocycles. The third-order valence-corrected chi connectivity index (χ3v) is 8.06. The second-order valence-corrected chi connectivity index (χ2v) is 11.6. The lowest BCUT2D eigenvalue weighted by Crippen LogP contribution is -2.52. The van der Waals surface area contributed by atoms with E-state index >= 15 is 0 Å². The molecule has 2 fully saturated rings. The minimum atomic E-state index is -4.97. The van der Waals surface area contributed by atoms with Crippen molar-refractivity contribution < 1.29 is 41.4 Å². The first-order valence-corrected chi connectivity index (χ1v) is 14.5. The van der Waals surface area contributed by atoms with Crippen LogP contribution in [0.25, 0.3) is 11.1 Å². The van der Waals surface area contributed by atoms with Crippen LogP contribution >= 0.6 is 0 Å². The predicted molar refractivity (Wildman–Crippen MR) is 157 cm³/mol. The van der Waals surface area contributed by atoms with Gasteiger partial charge < -0.3 is 19.7 Å². The molecule has 240 valence electrons. The van der Waals surface area contributed by atoms with Gasteiger partial charge >= 0.3 is 12.5 Å². The highest BCUT2D eigenvalue weighted by Crippen LogP contribution is 2.34. The maximum Gasteiger partial charge on any atom is 0.573 e. The van der Waals surface area contributed by atoms with E-state index in [2.05, 4.69) is 10.1 Å². The van der Waals surface area contributed by atoms with Crippen LogP contribution < -0.4 is 10.1 Å². The van der Waals surface area contributed by atoms with Gasteiger partial charge in [0.05, 0.1) is 11.6 Å². The van der Waals surface area contributed by atoms with Crippen molar-refractivity contribution in [2.24, 2.45) is 0 Å². The average molecular weight is 639 g/mol. The van der Waals surface area contributed by atoms with Crippen LogP contribution in [-0.2, 0) is 20.9 Å². The minimum Gasteiger partial charge on any atom is -0.433 e. The first kappa shape index (κ1) is 32.4. The van der Waals surface area contributed by atoms with Crippen LogP contribution in [0.1, 0.15) is 42.9 Å². The molecule has 0 aliphatic carbocycles. The van der Waals surface area contributed by atoms with Gasteiger partial charge in [0, 0.05) is 42.7 Å². The van der Waals surface area contributed by atoms with E-state index < -0.39 is 48.0 Å². The van der Waals surface area contributed by atoms with Gasteiger partial charge in [-0.15, -0.1) is 13.2 Å². The number of cyclic esters (lactones) is 1.